The second-order valence-electron chi connectivity index (χ2n) is 7.84. The molecule has 1 atom stereocenters. The SMILES string of the molecule is COc1cccc(OC(C)c2nnc(SCC(=O)Nc3ccc(F)c(F)c3F)n2CC(C)C)c1. The monoisotopic (exact) mass is 494 g/mol. The number of amides is 1. The molecule has 34 heavy (non-hydrogen) atoms. The van der Waals surface area contributed by atoms with Gasteiger partial charge in [-0.1, -0.05) is 31.7 Å². The van der Waals surface area contributed by atoms with Gasteiger partial charge in [0.1, 0.15) is 11.5 Å². The van der Waals surface area contributed by atoms with Crippen molar-refractivity contribution in [3.05, 3.63) is 59.7 Å². The van der Waals surface area contributed by atoms with Crippen molar-refractivity contribution in [2.45, 2.75) is 38.6 Å². The molecule has 0 saturated carbocycles. The maximum Gasteiger partial charge on any atom is 0.234 e. The predicted octanol–water partition coefficient (Wildman–Crippen LogP) is 5.23. The molecule has 0 aliphatic carbocycles. The number of hydrogen-bond acceptors (Lipinski definition) is 6. The summed E-state index contributed by atoms with van der Waals surface area (Å²) in [5, 5.41) is 11.2. The van der Waals surface area contributed by atoms with Crippen molar-refractivity contribution in [3.63, 3.8) is 0 Å². The van der Waals surface area contributed by atoms with Crippen LogP contribution in [0.25, 0.3) is 0 Å². The number of benzene rings is 2. The number of thioether (sulfide) groups is 1. The van der Waals surface area contributed by atoms with E-state index < -0.39 is 35.2 Å². The van der Waals surface area contributed by atoms with Gasteiger partial charge >= 0.3 is 0 Å². The Balaban J connectivity index is 1.72. The van der Waals surface area contributed by atoms with Crippen molar-refractivity contribution in [1.82, 2.24) is 14.8 Å². The van der Waals surface area contributed by atoms with Gasteiger partial charge in [-0.3, -0.25) is 4.79 Å². The van der Waals surface area contributed by atoms with E-state index in [0.717, 1.165) is 23.9 Å². The van der Waals surface area contributed by atoms with Crippen LogP contribution in [0.2, 0.25) is 0 Å². The summed E-state index contributed by atoms with van der Waals surface area (Å²) in [4.78, 5) is 12.3. The zero-order chi connectivity index (χ0) is 24.8. The lowest BCUT2D eigenvalue weighted by Crippen LogP contribution is -2.18. The Morgan fingerprint density at radius 3 is 2.53 bits per heavy atom. The lowest BCUT2D eigenvalue weighted by Gasteiger charge is -2.18. The third kappa shape index (κ3) is 6.22. The molecular weight excluding hydrogens is 469 g/mol. The maximum absolute atomic E-state index is 13.8. The first-order valence-corrected chi connectivity index (χ1v) is 11.5. The average Bonchev–Trinajstić information content (AvgIpc) is 3.20. The average molecular weight is 495 g/mol. The molecule has 0 spiro atoms. The Hall–Kier alpha value is -3.21. The minimum atomic E-state index is -1.64. The molecule has 0 aliphatic rings. The van der Waals surface area contributed by atoms with Gasteiger partial charge in [0.05, 0.1) is 18.6 Å². The molecule has 0 fully saturated rings. The Labute approximate surface area is 199 Å². The molecule has 2 aromatic carbocycles. The van der Waals surface area contributed by atoms with Crippen LogP contribution in [0.15, 0.2) is 41.6 Å². The van der Waals surface area contributed by atoms with E-state index in [1.165, 1.54) is 0 Å². The second-order valence-corrected chi connectivity index (χ2v) is 8.79. The molecular formula is C23H25F3N4O3S. The molecule has 11 heteroatoms. The van der Waals surface area contributed by atoms with Gasteiger partial charge in [0.25, 0.3) is 0 Å². The number of rotatable bonds is 10. The van der Waals surface area contributed by atoms with Gasteiger partial charge in [0, 0.05) is 12.6 Å². The van der Waals surface area contributed by atoms with E-state index in [-0.39, 0.29) is 11.7 Å². The fourth-order valence-corrected chi connectivity index (χ4v) is 3.87. The van der Waals surface area contributed by atoms with Crippen molar-refractivity contribution >= 4 is 23.4 Å². The molecule has 1 unspecified atom stereocenters. The van der Waals surface area contributed by atoms with E-state index in [9.17, 15) is 18.0 Å². The molecule has 1 N–H and O–H groups in total. The first-order valence-electron chi connectivity index (χ1n) is 10.5. The smallest absolute Gasteiger partial charge is 0.234 e. The number of anilines is 1. The summed E-state index contributed by atoms with van der Waals surface area (Å²) in [5.41, 5.74) is -0.436. The first kappa shape index (κ1) is 25.4. The molecule has 1 aromatic heterocycles. The second kappa shape index (κ2) is 11.3. The first-order chi connectivity index (χ1) is 16.2. The Kier molecular flexibility index (Phi) is 8.43. The number of aromatic nitrogens is 3. The van der Waals surface area contributed by atoms with Crippen molar-refractivity contribution in [3.8, 4) is 11.5 Å². The molecule has 1 amide bonds. The lowest BCUT2D eigenvalue weighted by molar-refractivity contribution is -0.113. The minimum absolute atomic E-state index is 0.139. The van der Waals surface area contributed by atoms with E-state index in [2.05, 4.69) is 15.5 Å². The highest BCUT2D eigenvalue weighted by Gasteiger charge is 2.22. The van der Waals surface area contributed by atoms with Crippen molar-refractivity contribution in [1.29, 1.82) is 0 Å². The van der Waals surface area contributed by atoms with Crippen LogP contribution in [-0.2, 0) is 11.3 Å². The summed E-state index contributed by atoms with van der Waals surface area (Å²) in [5.74, 6) is -3.07. The molecule has 0 bridgehead atoms. The van der Waals surface area contributed by atoms with E-state index in [1.807, 2.05) is 37.5 Å². The number of carbonyl (C=O) groups is 1. The number of methoxy groups -OCH3 is 1. The molecule has 0 aliphatic heterocycles. The van der Waals surface area contributed by atoms with Crippen LogP contribution in [0, 0.1) is 23.4 Å². The molecule has 3 aromatic rings. The van der Waals surface area contributed by atoms with Crippen LogP contribution < -0.4 is 14.8 Å². The lowest BCUT2D eigenvalue weighted by atomic mass is 10.2. The molecule has 0 saturated heterocycles. The Bertz CT molecular complexity index is 1160. The largest absolute Gasteiger partial charge is 0.497 e. The van der Waals surface area contributed by atoms with Gasteiger partial charge in [-0.05, 0) is 37.1 Å². The highest BCUT2D eigenvalue weighted by molar-refractivity contribution is 7.99. The fraction of sp³-hybridized carbons (Fsp3) is 0.348. The van der Waals surface area contributed by atoms with Crippen molar-refractivity contribution in [2.24, 2.45) is 5.92 Å². The molecule has 0 radical (unpaired) electrons. The number of ether oxygens (including phenoxy) is 2. The van der Waals surface area contributed by atoms with Crippen LogP contribution in [0.4, 0.5) is 18.9 Å². The van der Waals surface area contributed by atoms with Gasteiger partial charge in [-0.2, -0.15) is 0 Å². The van der Waals surface area contributed by atoms with Gasteiger partial charge in [-0.15, -0.1) is 10.2 Å². The van der Waals surface area contributed by atoms with Gasteiger partial charge < -0.3 is 19.4 Å². The van der Waals surface area contributed by atoms with E-state index in [4.69, 9.17) is 9.47 Å². The van der Waals surface area contributed by atoms with Gasteiger partial charge in [-0.25, -0.2) is 13.2 Å². The summed E-state index contributed by atoms with van der Waals surface area (Å²) in [6.07, 6.45) is -0.446. The van der Waals surface area contributed by atoms with E-state index in [0.29, 0.717) is 29.0 Å². The minimum Gasteiger partial charge on any atom is -0.497 e. The third-order valence-corrected chi connectivity index (χ3v) is 5.62. The summed E-state index contributed by atoms with van der Waals surface area (Å²) in [6, 6.07) is 8.90. The molecule has 7 nitrogen and oxygen atoms in total. The van der Waals surface area contributed by atoms with Crippen LogP contribution in [0.3, 0.4) is 0 Å². The highest BCUT2D eigenvalue weighted by Crippen LogP contribution is 2.28. The number of halogens is 3. The Morgan fingerprint density at radius 2 is 1.82 bits per heavy atom. The summed E-state index contributed by atoms with van der Waals surface area (Å²) >= 11 is 1.09. The zero-order valence-electron chi connectivity index (χ0n) is 19.1. The van der Waals surface area contributed by atoms with Crippen LogP contribution >= 0.6 is 11.8 Å². The molecule has 182 valence electrons. The summed E-state index contributed by atoms with van der Waals surface area (Å²) in [6.45, 7) is 6.48. The summed E-state index contributed by atoms with van der Waals surface area (Å²) < 4.78 is 53.4. The van der Waals surface area contributed by atoms with Gasteiger partial charge in [0.15, 0.2) is 34.5 Å². The topological polar surface area (TPSA) is 78.3 Å². The standard InChI is InChI=1S/C23H25F3N4O3S/c1-13(2)11-30-22(14(3)33-16-7-5-6-15(10-16)32-4)28-29-23(30)34-12-19(31)27-18-9-8-17(24)20(25)21(18)26/h5-10,13-14H,11-12H2,1-4H3,(H,27,31). The third-order valence-electron chi connectivity index (χ3n) is 4.65. The number of nitrogens with zero attached hydrogens (tertiary/aromatic N) is 3. The normalized spacial score (nSPS) is 12.0. The van der Waals surface area contributed by atoms with Crippen molar-refractivity contribution < 1.29 is 27.4 Å². The van der Waals surface area contributed by atoms with E-state index >= 15 is 0 Å². The number of carbonyl (C=O) groups excluding carboxylic acids is 1. The van der Waals surface area contributed by atoms with Crippen LogP contribution in [0.5, 0.6) is 11.5 Å². The van der Waals surface area contributed by atoms with Gasteiger partial charge in [0.2, 0.25) is 5.91 Å². The van der Waals surface area contributed by atoms with Crippen LogP contribution in [-0.4, -0.2) is 33.5 Å². The fourth-order valence-electron chi connectivity index (χ4n) is 3.11. The van der Waals surface area contributed by atoms with E-state index in [1.54, 1.807) is 19.2 Å². The number of nitrogens with one attached hydrogen (secondary N) is 1. The zero-order valence-corrected chi connectivity index (χ0v) is 20.0. The maximum atomic E-state index is 13.8. The molecule has 1 heterocycles. The predicted molar refractivity (Wildman–Crippen MR) is 123 cm³/mol. The Morgan fingerprint density at radius 1 is 1.09 bits per heavy atom. The number of hydrogen-bond donors (Lipinski definition) is 1. The van der Waals surface area contributed by atoms with Crippen LogP contribution in [0.1, 0.15) is 32.7 Å². The summed E-state index contributed by atoms with van der Waals surface area (Å²) in [7, 11) is 1.57. The molecule has 3 rings (SSSR count). The van der Waals surface area contributed by atoms with Crippen molar-refractivity contribution in [2.75, 3.05) is 18.2 Å². The quantitative estimate of drug-likeness (QED) is 0.307. The highest BCUT2D eigenvalue weighted by atomic mass is 32.2.